The molecule has 2 aromatic rings. The van der Waals surface area contributed by atoms with E-state index >= 15 is 0 Å². The van der Waals surface area contributed by atoms with E-state index in [2.05, 4.69) is 34.9 Å². The molecule has 2 aromatic carbocycles. The fourth-order valence-electron chi connectivity index (χ4n) is 4.60. The molecule has 0 aromatic heterocycles. The third kappa shape index (κ3) is 13.5. The van der Waals surface area contributed by atoms with E-state index < -0.39 is 24.0 Å². The van der Waals surface area contributed by atoms with Crippen molar-refractivity contribution in [2.45, 2.75) is 18.9 Å². The monoisotopic (exact) mass is 632 g/mol. The predicted molar refractivity (Wildman–Crippen MR) is 163 cm³/mol. The molecule has 0 radical (unpaired) electrons. The summed E-state index contributed by atoms with van der Waals surface area (Å²) in [5, 5.41) is 14.0. The van der Waals surface area contributed by atoms with E-state index in [0.29, 0.717) is 66.0 Å². The Morgan fingerprint density at radius 3 is 1.60 bits per heavy atom. The first-order chi connectivity index (χ1) is 22.0. The van der Waals surface area contributed by atoms with Crippen molar-refractivity contribution in [3.05, 3.63) is 59.7 Å². The van der Waals surface area contributed by atoms with Crippen LogP contribution in [0, 0.1) is 0 Å². The number of fused-ring (bicyclic) bond motifs is 3. The number of nitrogens with one attached hydrogen (secondary N) is 2. The van der Waals surface area contributed by atoms with Gasteiger partial charge in [-0.2, -0.15) is 0 Å². The second-order valence-electron chi connectivity index (χ2n) is 9.98. The lowest BCUT2D eigenvalue weighted by molar-refractivity contribution is -0.143. The summed E-state index contributed by atoms with van der Waals surface area (Å²) in [6, 6.07) is 15.3. The zero-order valence-corrected chi connectivity index (χ0v) is 25.7. The fourth-order valence-corrected chi connectivity index (χ4v) is 4.60. The smallest absolute Gasteiger partial charge is 0.407 e. The molecule has 0 heterocycles. The quantitative estimate of drug-likeness (QED) is 0.146. The molecule has 3 N–H and O–H groups in total. The highest BCUT2D eigenvalue weighted by molar-refractivity contribution is 5.82. The highest BCUT2D eigenvalue weighted by Gasteiger charge is 2.29. The van der Waals surface area contributed by atoms with E-state index in [1.165, 1.54) is 29.2 Å². The largest absolute Gasteiger partial charge is 0.480 e. The van der Waals surface area contributed by atoms with Crippen molar-refractivity contribution in [3.63, 3.8) is 0 Å². The maximum Gasteiger partial charge on any atom is 0.407 e. The summed E-state index contributed by atoms with van der Waals surface area (Å²) in [6.07, 6.45) is -0.469. The predicted octanol–water partition coefficient (Wildman–Crippen LogP) is 2.21. The van der Waals surface area contributed by atoms with Gasteiger partial charge in [0.2, 0.25) is 5.91 Å². The molecule has 1 aliphatic carbocycles. The molecule has 0 fully saturated rings. The number of carboxylic acid groups (broad SMARTS) is 1. The number of amides is 2. The molecule has 0 aliphatic heterocycles. The van der Waals surface area contributed by atoms with Crippen LogP contribution >= 0.6 is 0 Å². The third-order valence-electron chi connectivity index (χ3n) is 6.68. The van der Waals surface area contributed by atoms with Crippen molar-refractivity contribution in [1.29, 1.82) is 0 Å². The number of benzene rings is 2. The first-order valence-corrected chi connectivity index (χ1v) is 15.0. The summed E-state index contributed by atoms with van der Waals surface area (Å²) in [5.41, 5.74) is 4.73. The van der Waals surface area contributed by atoms with E-state index in [-0.39, 0.29) is 32.3 Å². The molecule has 0 spiro atoms. The van der Waals surface area contributed by atoms with Crippen molar-refractivity contribution in [2.24, 2.45) is 0 Å². The van der Waals surface area contributed by atoms with Crippen LogP contribution < -0.4 is 10.6 Å². The van der Waals surface area contributed by atoms with Crippen molar-refractivity contribution in [3.8, 4) is 11.1 Å². The minimum atomic E-state index is -1.16. The van der Waals surface area contributed by atoms with Crippen LogP contribution in [0.2, 0.25) is 0 Å². The van der Waals surface area contributed by atoms with Gasteiger partial charge in [0.25, 0.3) is 0 Å². The maximum absolute atomic E-state index is 12.2. The number of hydrogen-bond acceptors (Lipinski definition) is 10. The Morgan fingerprint density at radius 2 is 1.13 bits per heavy atom. The van der Waals surface area contributed by atoms with Crippen LogP contribution in [0.25, 0.3) is 11.1 Å². The molecule has 0 saturated carbocycles. The standard InChI is InChI=1S/C32H44N2O11/c1-24(35)34-30(31(36)37)23-44-21-20-43-19-18-42-17-16-41-15-14-40-13-12-39-11-10-33-32(38)45-22-29-27-8-4-2-6-25(27)26-7-3-5-9-28(26)29/h2-9,29-30H,10-23H2,1H3,(H,33,38)(H,34,35)(H,36,37)/t30-/m0/s1. The van der Waals surface area contributed by atoms with Gasteiger partial charge in [0.15, 0.2) is 6.04 Å². The second-order valence-corrected chi connectivity index (χ2v) is 9.98. The zero-order valence-electron chi connectivity index (χ0n) is 25.7. The van der Waals surface area contributed by atoms with Crippen molar-refractivity contribution in [2.75, 3.05) is 92.4 Å². The first kappa shape index (κ1) is 35.9. The van der Waals surface area contributed by atoms with E-state index in [1.54, 1.807) is 0 Å². The first-order valence-electron chi connectivity index (χ1n) is 15.0. The van der Waals surface area contributed by atoms with E-state index in [9.17, 15) is 14.4 Å². The summed E-state index contributed by atoms with van der Waals surface area (Å²) in [6.45, 7) is 5.81. The van der Waals surface area contributed by atoms with Crippen molar-refractivity contribution in [1.82, 2.24) is 10.6 Å². The van der Waals surface area contributed by atoms with Gasteiger partial charge in [0.1, 0.15) is 6.61 Å². The highest BCUT2D eigenvalue weighted by atomic mass is 16.6. The van der Waals surface area contributed by atoms with Crippen LogP contribution in [0.5, 0.6) is 0 Å². The number of carbonyl (C=O) groups excluding carboxylic acids is 2. The molecule has 2 amide bonds. The van der Waals surface area contributed by atoms with Crippen molar-refractivity contribution >= 4 is 18.0 Å². The van der Waals surface area contributed by atoms with Crippen LogP contribution in [-0.2, 0) is 42.7 Å². The minimum absolute atomic E-state index is 0.0258. The zero-order chi connectivity index (χ0) is 32.1. The summed E-state index contributed by atoms with van der Waals surface area (Å²) in [4.78, 5) is 34.1. The van der Waals surface area contributed by atoms with Crippen LogP contribution in [0.15, 0.2) is 48.5 Å². The molecule has 3 rings (SSSR count). The number of hydrogen-bond donors (Lipinski definition) is 3. The van der Waals surface area contributed by atoms with Gasteiger partial charge < -0.3 is 48.9 Å². The molecule has 1 aliphatic rings. The molecular formula is C32H44N2O11. The molecular weight excluding hydrogens is 588 g/mol. The van der Waals surface area contributed by atoms with E-state index in [0.717, 1.165) is 0 Å². The number of alkyl carbamates (subject to hydrolysis) is 1. The Bertz CT molecular complexity index is 1130. The molecule has 0 unspecified atom stereocenters. The number of ether oxygens (including phenoxy) is 7. The Balaban J connectivity index is 1.05. The van der Waals surface area contributed by atoms with Crippen LogP contribution in [0.3, 0.4) is 0 Å². The average molecular weight is 633 g/mol. The SMILES string of the molecule is CC(=O)N[C@@H](COCCOCCOCCOCCOCCOCCNC(=O)OCC1c2ccccc2-c2ccccc21)C(=O)O. The number of carbonyl (C=O) groups is 3. The van der Waals surface area contributed by atoms with Gasteiger partial charge in [0.05, 0.1) is 79.3 Å². The molecule has 45 heavy (non-hydrogen) atoms. The number of aliphatic carboxylic acids is 1. The average Bonchev–Trinajstić information content (AvgIpc) is 3.35. The third-order valence-corrected chi connectivity index (χ3v) is 6.68. The van der Waals surface area contributed by atoms with Gasteiger partial charge in [-0.15, -0.1) is 0 Å². The Morgan fingerprint density at radius 1 is 0.689 bits per heavy atom. The lowest BCUT2D eigenvalue weighted by atomic mass is 9.98. The number of carboxylic acids is 1. The van der Waals surface area contributed by atoms with E-state index in [1.807, 2.05) is 24.3 Å². The Labute approximate surface area is 263 Å². The maximum atomic E-state index is 12.2. The number of rotatable bonds is 24. The topological polar surface area (TPSA) is 160 Å². The van der Waals surface area contributed by atoms with Gasteiger partial charge in [-0.3, -0.25) is 4.79 Å². The van der Waals surface area contributed by atoms with Gasteiger partial charge in [-0.25, -0.2) is 9.59 Å². The minimum Gasteiger partial charge on any atom is -0.480 e. The van der Waals surface area contributed by atoms with Crippen LogP contribution in [0.4, 0.5) is 4.79 Å². The second kappa shape index (κ2) is 21.2. The van der Waals surface area contributed by atoms with E-state index in [4.69, 9.17) is 38.3 Å². The fraction of sp³-hybridized carbons (Fsp3) is 0.531. The normalized spacial score (nSPS) is 12.7. The molecule has 0 bridgehead atoms. The van der Waals surface area contributed by atoms with Crippen LogP contribution in [-0.4, -0.2) is 122 Å². The Hall–Kier alpha value is -3.59. The van der Waals surface area contributed by atoms with Gasteiger partial charge in [0, 0.05) is 19.4 Å². The Kier molecular flexibility index (Phi) is 16.9. The summed E-state index contributed by atoms with van der Waals surface area (Å²) >= 11 is 0. The van der Waals surface area contributed by atoms with Crippen molar-refractivity contribution < 1.29 is 52.6 Å². The van der Waals surface area contributed by atoms with Gasteiger partial charge in [-0.1, -0.05) is 48.5 Å². The molecule has 13 nitrogen and oxygen atoms in total. The molecule has 0 saturated heterocycles. The molecule has 248 valence electrons. The lowest BCUT2D eigenvalue weighted by Crippen LogP contribution is -2.43. The van der Waals surface area contributed by atoms with Gasteiger partial charge >= 0.3 is 12.1 Å². The summed E-state index contributed by atoms with van der Waals surface area (Å²) in [7, 11) is 0. The lowest BCUT2D eigenvalue weighted by Gasteiger charge is -2.14. The van der Waals surface area contributed by atoms with Crippen LogP contribution in [0.1, 0.15) is 24.0 Å². The summed E-state index contributed by atoms with van der Waals surface area (Å²) in [5.74, 6) is -1.56. The highest BCUT2D eigenvalue weighted by Crippen LogP contribution is 2.44. The molecule has 13 heteroatoms. The molecule has 1 atom stereocenters. The van der Waals surface area contributed by atoms with Gasteiger partial charge in [-0.05, 0) is 22.3 Å². The summed E-state index contributed by atoms with van der Waals surface area (Å²) < 4.78 is 37.9.